The molecule has 9 heteroatoms. The van der Waals surface area contributed by atoms with Crippen LogP contribution in [0, 0.1) is 6.92 Å². The highest BCUT2D eigenvalue weighted by Crippen LogP contribution is 2.23. The van der Waals surface area contributed by atoms with Crippen molar-refractivity contribution in [1.29, 1.82) is 0 Å². The SMILES string of the molecule is Cc1nc2cncnn2c1-c1ccnc(Nc2ccc(C(=O)O)cc2)n1. The average Bonchev–Trinajstić information content (AvgIpc) is 2.98. The normalized spacial score (nSPS) is 10.8. The van der Waals surface area contributed by atoms with Gasteiger partial charge in [0.15, 0.2) is 5.65 Å². The van der Waals surface area contributed by atoms with E-state index in [4.69, 9.17) is 5.11 Å². The molecule has 0 amide bonds. The molecule has 0 atom stereocenters. The van der Waals surface area contributed by atoms with Crippen molar-refractivity contribution in [1.82, 2.24) is 29.5 Å². The number of rotatable bonds is 4. The minimum absolute atomic E-state index is 0.214. The summed E-state index contributed by atoms with van der Waals surface area (Å²) in [7, 11) is 0. The van der Waals surface area contributed by atoms with Gasteiger partial charge in [0, 0.05) is 11.9 Å². The lowest BCUT2D eigenvalue weighted by Gasteiger charge is -2.07. The van der Waals surface area contributed by atoms with Gasteiger partial charge in [0.2, 0.25) is 5.95 Å². The Balaban J connectivity index is 1.68. The van der Waals surface area contributed by atoms with Crippen LogP contribution in [0.2, 0.25) is 0 Å². The molecule has 1 aromatic carbocycles. The average molecular weight is 347 g/mol. The zero-order valence-electron chi connectivity index (χ0n) is 13.7. The van der Waals surface area contributed by atoms with Crippen molar-refractivity contribution in [3.05, 3.63) is 60.3 Å². The van der Waals surface area contributed by atoms with Gasteiger partial charge in [-0.1, -0.05) is 0 Å². The monoisotopic (exact) mass is 347 g/mol. The summed E-state index contributed by atoms with van der Waals surface area (Å²) in [6, 6.07) is 8.12. The van der Waals surface area contributed by atoms with Crippen LogP contribution >= 0.6 is 0 Å². The van der Waals surface area contributed by atoms with Gasteiger partial charge in [-0.25, -0.2) is 29.2 Å². The summed E-state index contributed by atoms with van der Waals surface area (Å²) in [6.45, 7) is 1.88. The molecule has 4 aromatic rings. The van der Waals surface area contributed by atoms with Gasteiger partial charge in [0.05, 0.1) is 23.1 Å². The summed E-state index contributed by atoms with van der Waals surface area (Å²) in [6.07, 6.45) is 4.71. The van der Waals surface area contributed by atoms with Crippen LogP contribution in [-0.2, 0) is 0 Å². The van der Waals surface area contributed by atoms with Crippen LogP contribution in [0.3, 0.4) is 0 Å². The fourth-order valence-corrected chi connectivity index (χ4v) is 2.59. The lowest BCUT2D eigenvalue weighted by Crippen LogP contribution is -2.01. The van der Waals surface area contributed by atoms with E-state index in [1.165, 1.54) is 18.5 Å². The van der Waals surface area contributed by atoms with Crippen LogP contribution in [-0.4, -0.2) is 40.6 Å². The number of carboxylic acids is 1. The van der Waals surface area contributed by atoms with Crippen molar-refractivity contribution in [2.45, 2.75) is 6.92 Å². The number of hydrogen-bond donors (Lipinski definition) is 2. The van der Waals surface area contributed by atoms with Crippen LogP contribution in [0.4, 0.5) is 11.6 Å². The highest BCUT2D eigenvalue weighted by atomic mass is 16.4. The predicted molar refractivity (Wildman–Crippen MR) is 93.2 cm³/mol. The zero-order chi connectivity index (χ0) is 18.1. The third-order valence-corrected chi connectivity index (χ3v) is 3.76. The van der Waals surface area contributed by atoms with E-state index < -0.39 is 5.97 Å². The van der Waals surface area contributed by atoms with Crippen molar-refractivity contribution in [3.8, 4) is 11.4 Å². The maximum Gasteiger partial charge on any atom is 0.335 e. The molecule has 0 fully saturated rings. The fraction of sp³-hybridized carbons (Fsp3) is 0.0588. The van der Waals surface area contributed by atoms with Crippen molar-refractivity contribution in [2.24, 2.45) is 0 Å². The van der Waals surface area contributed by atoms with Crippen molar-refractivity contribution in [3.63, 3.8) is 0 Å². The fourth-order valence-electron chi connectivity index (χ4n) is 2.59. The molecule has 0 spiro atoms. The molecule has 0 saturated heterocycles. The number of carbonyl (C=O) groups is 1. The molecule has 0 aliphatic rings. The Hall–Kier alpha value is -3.88. The van der Waals surface area contributed by atoms with E-state index in [1.54, 1.807) is 35.1 Å². The first-order valence-electron chi connectivity index (χ1n) is 7.71. The third-order valence-electron chi connectivity index (χ3n) is 3.76. The predicted octanol–water partition coefficient (Wildman–Crippen LogP) is 2.33. The minimum Gasteiger partial charge on any atom is -0.478 e. The second-order valence-electron chi connectivity index (χ2n) is 5.50. The number of nitrogens with zero attached hydrogens (tertiary/aromatic N) is 6. The first-order chi connectivity index (χ1) is 12.6. The van der Waals surface area contributed by atoms with Crippen LogP contribution in [0.1, 0.15) is 16.1 Å². The Morgan fingerprint density at radius 2 is 1.96 bits per heavy atom. The van der Waals surface area contributed by atoms with Crippen LogP contribution in [0.25, 0.3) is 17.0 Å². The molecule has 0 aliphatic heterocycles. The van der Waals surface area contributed by atoms with E-state index in [-0.39, 0.29) is 5.56 Å². The van der Waals surface area contributed by atoms with E-state index in [0.29, 0.717) is 23.0 Å². The van der Waals surface area contributed by atoms with E-state index in [2.05, 4.69) is 30.4 Å². The number of hydrogen-bond acceptors (Lipinski definition) is 7. The molecule has 9 nitrogen and oxygen atoms in total. The molecular weight excluding hydrogens is 334 g/mol. The number of aryl methyl sites for hydroxylation is 1. The van der Waals surface area contributed by atoms with Gasteiger partial charge in [0.25, 0.3) is 0 Å². The van der Waals surface area contributed by atoms with Gasteiger partial charge in [-0.05, 0) is 37.3 Å². The molecule has 0 saturated carbocycles. The number of imidazole rings is 1. The number of fused-ring (bicyclic) bond motifs is 1. The van der Waals surface area contributed by atoms with Gasteiger partial charge < -0.3 is 10.4 Å². The van der Waals surface area contributed by atoms with Gasteiger partial charge in [-0.15, -0.1) is 0 Å². The minimum atomic E-state index is -0.972. The molecule has 0 radical (unpaired) electrons. The molecule has 2 N–H and O–H groups in total. The molecule has 4 rings (SSSR count). The molecule has 3 aromatic heterocycles. The maximum atomic E-state index is 10.9. The first-order valence-corrected chi connectivity index (χ1v) is 7.71. The summed E-state index contributed by atoms with van der Waals surface area (Å²) in [5.74, 6) is -0.589. The standard InChI is InChI=1S/C17H13N7O2/c1-10-15(24-14(21-10)8-18-9-20-24)13-6-7-19-17(23-13)22-12-4-2-11(3-5-12)16(25)26/h2-9H,1H3,(H,25,26)(H,19,22,23). The lowest BCUT2D eigenvalue weighted by atomic mass is 10.2. The van der Waals surface area contributed by atoms with Gasteiger partial charge in [-0.3, -0.25) is 0 Å². The van der Waals surface area contributed by atoms with E-state index in [0.717, 1.165) is 11.4 Å². The van der Waals surface area contributed by atoms with Gasteiger partial charge >= 0.3 is 5.97 Å². The summed E-state index contributed by atoms with van der Waals surface area (Å²) in [5, 5.41) is 16.2. The number of anilines is 2. The zero-order valence-corrected chi connectivity index (χ0v) is 13.7. The van der Waals surface area contributed by atoms with E-state index >= 15 is 0 Å². The van der Waals surface area contributed by atoms with Crippen molar-refractivity contribution in [2.75, 3.05) is 5.32 Å². The summed E-state index contributed by atoms with van der Waals surface area (Å²) >= 11 is 0. The smallest absolute Gasteiger partial charge is 0.335 e. The number of aromatic nitrogens is 6. The van der Waals surface area contributed by atoms with E-state index in [9.17, 15) is 4.79 Å². The Kier molecular flexibility index (Phi) is 3.73. The van der Waals surface area contributed by atoms with Crippen molar-refractivity contribution < 1.29 is 9.90 Å². The molecule has 0 aliphatic carbocycles. The number of nitrogens with one attached hydrogen (secondary N) is 1. The Bertz CT molecular complexity index is 1110. The highest BCUT2D eigenvalue weighted by Gasteiger charge is 2.14. The topological polar surface area (TPSA) is 118 Å². The Labute approximate surface area is 147 Å². The third kappa shape index (κ3) is 2.81. The quantitative estimate of drug-likeness (QED) is 0.577. The molecule has 26 heavy (non-hydrogen) atoms. The lowest BCUT2D eigenvalue weighted by molar-refractivity contribution is 0.0697. The molecular formula is C17H13N7O2. The number of carboxylic acid groups (broad SMARTS) is 1. The Morgan fingerprint density at radius 1 is 1.15 bits per heavy atom. The number of benzene rings is 1. The van der Waals surface area contributed by atoms with Gasteiger partial charge in [0.1, 0.15) is 12.0 Å². The highest BCUT2D eigenvalue weighted by molar-refractivity contribution is 5.88. The van der Waals surface area contributed by atoms with Crippen LogP contribution in [0.5, 0.6) is 0 Å². The van der Waals surface area contributed by atoms with Crippen LogP contribution < -0.4 is 5.32 Å². The first kappa shape index (κ1) is 15.6. The molecule has 0 bridgehead atoms. The van der Waals surface area contributed by atoms with E-state index in [1.807, 2.05) is 6.92 Å². The summed E-state index contributed by atoms with van der Waals surface area (Å²) < 4.78 is 1.68. The van der Waals surface area contributed by atoms with Crippen LogP contribution in [0.15, 0.2) is 49.1 Å². The second-order valence-corrected chi connectivity index (χ2v) is 5.50. The maximum absolute atomic E-state index is 10.9. The Morgan fingerprint density at radius 3 is 2.73 bits per heavy atom. The molecule has 3 heterocycles. The van der Waals surface area contributed by atoms with Crippen molar-refractivity contribution >= 4 is 23.3 Å². The molecule has 128 valence electrons. The largest absolute Gasteiger partial charge is 0.478 e. The summed E-state index contributed by atoms with van der Waals surface area (Å²) in [4.78, 5) is 28.1. The molecule has 0 unspecified atom stereocenters. The number of aromatic carboxylic acids is 1. The second kappa shape index (κ2) is 6.20. The summed E-state index contributed by atoms with van der Waals surface area (Å²) in [5.41, 5.74) is 3.73. The van der Waals surface area contributed by atoms with Gasteiger partial charge in [-0.2, -0.15) is 5.10 Å².